The van der Waals surface area contributed by atoms with Crippen molar-refractivity contribution in [2.24, 2.45) is 5.41 Å². The first-order valence-corrected chi connectivity index (χ1v) is 25.3. The Morgan fingerprint density at radius 2 is 1.65 bits per heavy atom. The Morgan fingerprint density at radius 3 is 2.30 bits per heavy atom. The summed E-state index contributed by atoms with van der Waals surface area (Å²) < 4.78 is 64.3. The van der Waals surface area contributed by atoms with E-state index in [2.05, 4.69) is 20.6 Å². The van der Waals surface area contributed by atoms with E-state index in [9.17, 15) is 19.2 Å². The van der Waals surface area contributed by atoms with Gasteiger partial charge in [-0.15, -0.1) is 11.3 Å². The number of carbonyl (C=O) groups excluding carboxylic acids is 4. The predicted molar refractivity (Wildman–Crippen MR) is 268 cm³/mol. The van der Waals surface area contributed by atoms with Crippen LogP contribution in [0.15, 0.2) is 66.2 Å². The summed E-state index contributed by atoms with van der Waals surface area (Å²) in [7, 11) is 0. The number of esters is 1. The summed E-state index contributed by atoms with van der Waals surface area (Å²) in [6.07, 6.45) is 2.73. The number of aromatic nitrogens is 2. The molecule has 4 heterocycles. The van der Waals surface area contributed by atoms with Crippen LogP contribution in [-0.2, 0) is 41.6 Å². The summed E-state index contributed by atoms with van der Waals surface area (Å²) in [5.41, 5.74) is 4.63. The van der Waals surface area contributed by atoms with E-state index in [0.29, 0.717) is 25.0 Å². The van der Waals surface area contributed by atoms with Gasteiger partial charge in [-0.05, 0) is 81.5 Å². The lowest BCUT2D eigenvalue weighted by atomic mass is 9.85. The Kier molecular flexibility index (Phi) is 17.0. The first-order valence-electron chi connectivity index (χ1n) is 24.5. The van der Waals surface area contributed by atoms with Gasteiger partial charge >= 0.3 is 5.97 Å². The van der Waals surface area contributed by atoms with Crippen molar-refractivity contribution < 1.29 is 46.6 Å². The van der Waals surface area contributed by atoms with E-state index < -0.39 is 70.6 Å². The second-order valence-corrected chi connectivity index (χ2v) is 21.4. The molecule has 0 aliphatic carbocycles. The number of fused-ring (bicyclic) bond motifs is 3. The number of likely N-dealkylation sites (tertiary alicyclic amines) is 1. The van der Waals surface area contributed by atoms with Crippen LogP contribution in [0.3, 0.4) is 0 Å². The molecular formula is C54H67F3N6O7S. The van der Waals surface area contributed by atoms with Gasteiger partial charge in [0.25, 0.3) is 0 Å². The van der Waals surface area contributed by atoms with E-state index in [0.717, 1.165) is 51.0 Å². The lowest BCUT2D eigenvalue weighted by molar-refractivity contribution is -0.147. The van der Waals surface area contributed by atoms with Gasteiger partial charge in [-0.25, -0.2) is 18.2 Å². The minimum Gasteiger partial charge on any atom is -0.493 e. The fourth-order valence-electron chi connectivity index (χ4n) is 9.71. The molecule has 71 heavy (non-hydrogen) atoms. The number of nitrogens with zero attached hydrogens (tertiary/aromatic N) is 3. The third-order valence-electron chi connectivity index (χ3n) is 13.1. The molecule has 1 unspecified atom stereocenters. The third-order valence-corrected chi connectivity index (χ3v) is 14.1. The van der Waals surface area contributed by atoms with Gasteiger partial charge in [0.05, 0.1) is 35.3 Å². The van der Waals surface area contributed by atoms with Crippen molar-refractivity contribution in [3.05, 3.63) is 106 Å². The number of amides is 3. The van der Waals surface area contributed by atoms with Crippen LogP contribution in [0.1, 0.15) is 115 Å². The van der Waals surface area contributed by atoms with Crippen molar-refractivity contribution in [3.8, 4) is 16.2 Å². The molecular weight excluding hydrogens is 934 g/mol. The molecule has 1 saturated heterocycles. The fraction of sp³-hybridized carbons (Fsp3) is 0.500. The SMILES string of the molecule is CC(=O)O[C@@H]1C[C@@H](C(=O)NCc2ccc(-c3scnc3C)cc2)N(C(=O)C(NC(=O)COCCCCCCOc2cc(F)c([C@@H]3c4[nH]c5ccccc5c4C[C@@H](C)N3CC(C)(C)F)c(F)c2)C(C)(C)C)C1. The zero-order chi connectivity index (χ0) is 51.2. The highest BCUT2D eigenvalue weighted by Gasteiger charge is 2.46. The second kappa shape index (κ2) is 22.7. The highest BCUT2D eigenvalue weighted by atomic mass is 32.1. The summed E-state index contributed by atoms with van der Waals surface area (Å²) in [6, 6.07) is 14.9. The number of para-hydroxylation sites is 1. The van der Waals surface area contributed by atoms with Crippen LogP contribution in [0.5, 0.6) is 5.75 Å². The number of hydrogen-bond acceptors (Lipinski definition) is 10. The summed E-state index contributed by atoms with van der Waals surface area (Å²) in [6.45, 7) is 14.0. The molecule has 2 aliphatic heterocycles. The third kappa shape index (κ3) is 13.2. The van der Waals surface area contributed by atoms with E-state index >= 15 is 13.2 Å². The maximum atomic E-state index is 16.1. The zero-order valence-corrected chi connectivity index (χ0v) is 42.8. The van der Waals surface area contributed by atoms with Gasteiger partial charge in [-0.3, -0.25) is 24.1 Å². The van der Waals surface area contributed by atoms with Gasteiger partial charge in [-0.1, -0.05) is 69.7 Å². The summed E-state index contributed by atoms with van der Waals surface area (Å²) in [4.78, 5) is 65.1. The molecule has 7 rings (SSSR count). The Hall–Kier alpha value is -5.78. The quantitative estimate of drug-likeness (QED) is 0.0511. The number of carbonyl (C=O) groups is 4. The Balaban J connectivity index is 0.865. The van der Waals surface area contributed by atoms with Gasteiger partial charge in [0.2, 0.25) is 17.7 Å². The topological polar surface area (TPSA) is 155 Å². The van der Waals surface area contributed by atoms with Gasteiger partial charge in [0.1, 0.15) is 47.8 Å². The van der Waals surface area contributed by atoms with Crippen LogP contribution >= 0.6 is 11.3 Å². The van der Waals surface area contributed by atoms with E-state index in [1.807, 2.05) is 88.0 Å². The van der Waals surface area contributed by atoms with Gasteiger partial charge in [0, 0.05) is 73.4 Å². The van der Waals surface area contributed by atoms with E-state index in [-0.39, 0.29) is 63.2 Å². The molecule has 5 aromatic rings. The standard InChI is InChI=1S/C54H67F3N6O7S/c1-32-23-40-39-15-11-12-16-43(39)60-47(40)48(63(32)30-54(7,8)57)46-41(55)24-37(25-42(46)56)69-22-14-10-9-13-21-68-29-45(65)61-50(53(4,5)6)52(67)62-28-38(70-34(3)64)26-44(62)51(66)58-27-35-17-19-36(20-18-35)49-33(2)59-31-71-49/h11-12,15-20,24-25,31-32,38,44,48,50,60H,9-10,13-14,21-23,26-30H2,1-8H3,(H,58,66)(H,61,65)/t32-,38-,44+,48-,50?/m1/s1. The number of unbranched alkanes of at least 4 members (excludes halogenated alkanes) is 3. The number of halogens is 3. The lowest BCUT2D eigenvalue weighted by Crippen LogP contribution is -2.58. The van der Waals surface area contributed by atoms with Crippen LogP contribution in [-0.4, -0.2) is 106 Å². The molecule has 382 valence electrons. The van der Waals surface area contributed by atoms with E-state index in [4.69, 9.17) is 14.2 Å². The van der Waals surface area contributed by atoms with Crippen LogP contribution in [0.4, 0.5) is 13.2 Å². The molecule has 5 atom stereocenters. The van der Waals surface area contributed by atoms with Crippen molar-refractivity contribution in [2.75, 3.05) is 32.9 Å². The molecule has 3 amide bonds. The average Bonchev–Trinajstić information content (AvgIpc) is 4.03. The molecule has 3 aromatic carbocycles. The number of nitrogens with one attached hydrogen (secondary N) is 3. The van der Waals surface area contributed by atoms with Crippen molar-refractivity contribution in [1.82, 2.24) is 30.4 Å². The molecule has 13 nitrogen and oxygen atoms in total. The Labute approximate surface area is 418 Å². The molecule has 17 heteroatoms. The first-order chi connectivity index (χ1) is 33.7. The summed E-state index contributed by atoms with van der Waals surface area (Å²) in [5, 5.41) is 6.75. The molecule has 2 aromatic heterocycles. The monoisotopic (exact) mass is 1000 g/mol. The second-order valence-electron chi connectivity index (χ2n) is 20.5. The van der Waals surface area contributed by atoms with E-state index in [1.165, 1.54) is 37.8 Å². The smallest absolute Gasteiger partial charge is 0.302 e. The summed E-state index contributed by atoms with van der Waals surface area (Å²) in [5.74, 6) is -3.36. The number of H-pyrrole nitrogens is 1. The van der Waals surface area contributed by atoms with Crippen molar-refractivity contribution >= 4 is 45.9 Å². The first kappa shape index (κ1) is 53.0. The number of rotatable bonds is 20. The highest BCUT2D eigenvalue weighted by molar-refractivity contribution is 7.13. The Morgan fingerprint density at radius 1 is 0.958 bits per heavy atom. The molecule has 0 saturated carbocycles. The highest BCUT2D eigenvalue weighted by Crippen LogP contribution is 2.44. The molecule has 2 aliphatic rings. The van der Waals surface area contributed by atoms with Crippen LogP contribution in [0.25, 0.3) is 21.3 Å². The number of aromatic amines is 1. The maximum absolute atomic E-state index is 16.1. The Bertz CT molecular complexity index is 2650. The largest absolute Gasteiger partial charge is 0.493 e. The minimum absolute atomic E-state index is 0.00332. The minimum atomic E-state index is -1.61. The van der Waals surface area contributed by atoms with Crippen molar-refractivity contribution in [1.29, 1.82) is 0 Å². The van der Waals surface area contributed by atoms with Crippen LogP contribution in [0, 0.1) is 24.0 Å². The fourth-order valence-corrected chi connectivity index (χ4v) is 10.5. The van der Waals surface area contributed by atoms with Gasteiger partial charge in [-0.2, -0.15) is 0 Å². The maximum Gasteiger partial charge on any atom is 0.302 e. The number of aryl methyl sites for hydroxylation is 1. The zero-order valence-electron chi connectivity index (χ0n) is 42.0. The van der Waals surface area contributed by atoms with Crippen LogP contribution in [0.2, 0.25) is 0 Å². The number of thiazole rings is 1. The van der Waals surface area contributed by atoms with E-state index in [1.54, 1.807) is 16.8 Å². The predicted octanol–water partition coefficient (Wildman–Crippen LogP) is 9.30. The number of benzene rings is 3. The molecule has 0 bridgehead atoms. The average molecular weight is 1000 g/mol. The molecule has 3 N–H and O–H groups in total. The summed E-state index contributed by atoms with van der Waals surface area (Å²) >= 11 is 1.56. The van der Waals surface area contributed by atoms with Gasteiger partial charge in [0.15, 0.2) is 0 Å². The van der Waals surface area contributed by atoms with Gasteiger partial charge < -0.3 is 34.7 Å². The number of hydrogen-bond donors (Lipinski definition) is 3. The normalized spacial score (nSPS) is 18.8. The molecule has 0 radical (unpaired) electrons. The lowest BCUT2D eigenvalue weighted by Gasteiger charge is -2.43. The van der Waals surface area contributed by atoms with Crippen LogP contribution < -0.4 is 15.4 Å². The van der Waals surface area contributed by atoms with Crippen molar-refractivity contribution in [3.63, 3.8) is 0 Å². The molecule has 0 spiro atoms. The molecule has 1 fully saturated rings. The number of ether oxygens (including phenoxy) is 3. The van der Waals surface area contributed by atoms with Crippen molar-refractivity contribution in [2.45, 2.75) is 136 Å². The number of alkyl halides is 1.